The third-order valence-corrected chi connectivity index (χ3v) is 4.23. The number of hydrazine groups is 1. The molecular weight excluding hydrogens is 288 g/mol. The topological polar surface area (TPSA) is 73.7 Å². The van der Waals surface area contributed by atoms with Gasteiger partial charge in [0, 0.05) is 19.2 Å². The van der Waals surface area contributed by atoms with Crippen molar-refractivity contribution in [1.29, 1.82) is 0 Å². The summed E-state index contributed by atoms with van der Waals surface area (Å²) in [5, 5.41) is 9.58. The van der Waals surface area contributed by atoms with Crippen LogP contribution in [0.2, 0.25) is 5.15 Å². The molecule has 0 aliphatic carbocycles. The molecule has 0 fully saturated rings. The van der Waals surface area contributed by atoms with Crippen molar-refractivity contribution < 1.29 is 0 Å². The molecule has 21 heavy (non-hydrogen) atoms. The van der Waals surface area contributed by atoms with E-state index >= 15 is 0 Å². The first-order valence-corrected chi connectivity index (χ1v) is 7.60. The normalized spacial score (nSPS) is 12.9. The largest absolute Gasteiger partial charge is 0.271 e. The van der Waals surface area contributed by atoms with Crippen molar-refractivity contribution in [2.75, 3.05) is 0 Å². The highest BCUT2D eigenvalue weighted by molar-refractivity contribution is 6.30. The lowest BCUT2D eigenvalue weighted by Crippen LogP contribution is -2.31. The second-order valence-corrected chi connectivity index (χ2v) is 5.49. The van der Waals surface area contributed by atoms with Crippen molar-refractivity contribution in [3.8, 4) is 0 Å². The number of nitrogens with two attached hydrogens (primary N) is 1. The van der Waals surface area contributed by atoms with Crippen LogP contribution in [0.15, 0.2) is 6.07 Å². The van der Waals surface area contributed by atoms with Crippen LogP contribution in [-0.2, 0) is 26.4 Å². The number of halogens is 1. The molecule has 1 atom stereocenters. The van der Waals surface area contributed by atoms with E-state index in [-0.39, 0.29) is 6.04 Å². The fourth-order valence-corrected chi connectivity index (χ4v) is 2.80. The molecule has 6 nitrogen and oxygen atoms in total. The van der Waals surface area contributed by atoms with Gasteiger partial charge in [0.05, 0.1) is 23.1 Å². The number of nitrogens with one attached hydrogen (secondary N) is 1. The first-order chi connectivity index (χ1) is 10.0. The Kier molecular flexibility index (Phi) is 5.03. The molecule has 0 saturated heterocycles. The summed E-state index contributed by atoms with van der Waals surface area (Å²) in [6.07, 6.45) is 1.59. The maximum absolute atomic E-state index is 6.32. The number of aromatic nitrogens is 4. The Labute approximate surface area is 130 Å². The standard InChI is InChI=1S/C14H23ClN6/c1-5-10-7-13(21(6-2)19-10)12(17-16)8-11-9(3)18-20(4)14(11)15/h7,12,17H,5-6,8,16H2,1-4H3. The van der Waals surface area contributed by atoms with E-state index < -0.39 is 0 Å². The highest BCUT2D eigenvalue weighted by Crippen LogP contribution is 2.26. The summed E-state index contributed by atoms with van der Waals surface area (Å²) in [7, 11) is 1.84. The second-order valence-electron chi connectivity index (χ2n) is 5.13. The van der Waals surface area contributed by atoms with E-state index in [0.29, 0.717) is 11.6 Å². The van der Waals surface area contributed by atoms with Crippen molar-refractivity contribution in [2.24, 2.45) is 12.9 Å². The molecule has 116 valence electrons. The molecule has 0 spiro atoms. The van der Waals surface area contributed by atoms with Gasteiger partial charge in [0.25, 0.3) is 0 Å². The summed E-state index contributed by atoms with van der Waals surface area (Å²) in [5.74, 6) is 5.77. The van der Waals surface area contributed by atoms with Crippen molar-refractivity contribution in [2.45, 2.75) is 46.2 Å². The summed E-state index contributed by atoms with van der Waals surface area (Å²) in [4.78, 5) is 0. The monoisotopic (exact) mass is 310 g/mol. The van der Waals surface area contributed by atoms with Gasteiger partial charge in [0.1, 0.15) is 5.15 Å². The smallest absolute Gasteiger partial charge is 0.130 e. The van der Waals surface area contributed by atoms with Crippen molar-refractivity contribution in [3.05, 3.63) is 33.9 Å². The fraction of sp³-hybridized carbons (Fsp3) is 0.571. The van der Waals surface area contributed by atoms with E-state index in [1.807, 2.05) is 18.7 Å². The molecule has 2 aromatic rings. The van der Waals surface area contributed by atoms with E-state index in [1.54, 1.807) is 4.68 Å². The van der Waals surface area contributed by atoms with Gasteiger partial charge >= 0.3 is 0 Å². The zero-order chi connectivity index (χ0) is 15.6. The molecule has 7 heteroatoms. The predicted molar refractivity (Wildman–Crippen MR) is 84.0 cm³/mol. The lowest BCUT2D eigenvalue weighted by Gasteiger charge is -2.17. The molecule has 0 radical (unpaired) electrons. The van der Waals surface area contributed by atoms with E-state index in [4.69, 9.17) is 17.4 Å². The quantitative estimate of drug-likeness (QED) is 0.631. The molecule has 0 aliphatic rings. The molecule has 0 bridgehead atoms. The summed E-state index contributed by atoms with van der Waals surface area (Å²) in [5.41, 5.74) is 6.99. The fourth-order valence-electron chi connectivity index (χ4n) is 2.55. The van der Waals surface area contributed by atoms with Crippen molar-refractivity contribution in [3.63, 3.8) is 0 Å². The number of nitrogens with zero attached hydrogens (tertiary/aromatic N) is 4. The molecular formula is C14H23ClN6. The van der Waals surface area contributed by atoms with Gasteiger partial charge in [-0.1, -0.05) is 18.5 Å². The highest BCUT2D eigenvalue weighted by atomic mass is 35.5. The zero-order valence-corrected chi connectivity index (χ0v) is 13.8. The predicted octanol–water partition coefficient (Wildman–Crippen LogP) is 1.91. The first-order valence-electron chi connectivity index (χ1n) is 7.22. The number of hydrogen-bond acceptors (Lipinski definition) is 4. The van der Waals surface area contributed by atoms with Crippen LogP contribution in [0.3, 0.4) is 0 Å². The lowest BCUT2D eigenvalue weighted by atomic mass is 10.0. The highest BCUT2D eigenvalue weighted by Gasteiger charge is 2.21. The first kappa shape index (κ1) is 16.0. The summed E-state index contributed by atoms with van der Waals surface area (Å²) in [6, 6.07) is 2.06. The lowest BCUT2D eigenvalue weighted by molar-refractivity contribution is 0.489. The Morgan fingerprint density at radius 1 is 1.38 bits per heavy atom. The van der Waals surface area contributed by atoms with Crippen LogP contribution in [0.25, 0.3) is 0 Å². The Hall–Kier alpha value is -1.37. The summed E-state index contributed by atoms with van der Waals surface area (Å²) in [6.45, 7) is 6.95. The molecule has 3 N–H and O–H groups in total. The van der Waals surface area contributed by atoms with Gasteiger partial charge in [-0.15, -0.1) is 0 Å². The summed E-state index contributed by atoms with van der Waals surface area (Å²) < 4.78 is 3.68. The third-order valence-electron chi connectivity index (χ3n) is 3.76. The minimum Gasteiger partial charge on any atom is -0.271 e. The summed E-state index contributed by atoms with van der Waals surface area (Å²) >= 11 is 6.32. The van der Waals surface area contributed by atoms with Gasteiger partial charge in [-0.25, -0.2) is 0 Å². The van der Waals surface area contributed by atoms with Gasteiger partial charge in [-0.05, 0) is 32.8 Å². The van der Waals surface area contributed by atoms with Gasteiger partial charge in [0.2, 0.25) is 0 Å². The molecule has 2 rings (SSSR count). The molecule has 2 heterocycles. The maximum atomic E-state index is 6.32. The van der Waals surface area contributed by atoms with Crippen LogP contribution >= 0.6 is 11.6 Å². The van der Waals surface area contributed by atoms with Crippen molar-refractivity contribution in [1.82, 2.24) is 25.0 Å². The molecule has 1 unspecified atom stereocenters. The minimum absolute atomic E-state index is 0.0434. The van der Waals surface area contributed by atoms with Crippen LogP contribution in [0.1, 0.15) is 42.5 Å². The number of hydrogen-bond donors (Lipinski definition) is 2. The Balaban J connectivity index is 2.34. The minimum atomic E-state index is -0.0434. The van der Waals surface area contributed by atoms with Gasteiger partial charge in [-0.2, -0.15) is 10.2 Å². The van der Waals surface area contributed by atoms with Crippen LogP contribution in [0, 0.1) is 6.92 Å². The Bertz CT molecular complexity index is 615. The molecule has 0 aromatic carbocycles. The molecule has 0 saturated carbocycles. The van der Waals surface area contributed by atoms with Gasteiger partial charge < -0.3 is 0 Å². The SMILES string of the molecule is CCc1cc(C(Cc2c(C)nn(C)c2Cl)NN)n(CC)n1. The zero-order valence-electron chi connectivity index (χ0n) is 13.0. The van der Waals surface area contributed by atoms with Crippen LogP contribution in [-0.4, -0.2) is 19.6 Å². The van der Waals surface area contributed by atoms with Crippen LogP contribution < -0.4 is 11.3 Å². The van der Waals surface area contributed by atoms with E-state index in [9.17, 15) is 0 Å². The average Bonchev–Trinajstić information content (AvgIpc) is 2.99. The van der Waals surface area contributed by atoms with Crippen LogP contribution in [0.5, 0.6) is 0 Å². The number of rotatable bonds is 6. The van der Waals surface area contributed by atoms with Crippen LogP contribution in [0.4, 0.5) is 0 Å². The average molecular weight is 311 g/mol. The van der Waals surface area contributed by atoms with Gasteiger partial charge in [0.15, 0.2) is 0 Å². The van der Waals surface area contributed by atoms with E-state index in [1.165, 1.54) is 0 Å². The molecule has 0 amide bonds. The van der Waals surface area contributed by atoms with E-state index in [0.717, 1.165) is 35.6 Å². The third kappa shape index (κ3) is 3.12. The Morgan fingerprint density at radius 3 is 2.57 bits per heavy atom. The van der Waals surface area contributed by atoms with Gasteiger partial charge in [-0.3, -0.25) is 20.6 Å². The maximum Gasteiger partial charge on any atom is 0.130 e. The Morgan fingerprint density at radius 2 is 2.10 bits per heavy atom. The second kappa shape index (κ2) is 6.60. The van der Waals surface area contributed by atoms with E-state index in [2.05, 4.69) is 35.5 Å². The number of aryl methyl sites for hydroxylation is 4. The van der Waals surface area contributed by atoms with Crippen molar-refractivity contribution >= 4 is 11.6 Å². The molecule has 2 aromatic heterocycles. The molecule has 0 aliphatic heterocycles.